The van der Waals surface area contributed by atoms with Crippen molar-refractivity contribution in [3.8, 4) is 0 Å². The summed E-state index contributed by atoms with van der Waals surface area (Å²) < 4.78 is 101. The van der Waals surface area contributed by atoms with Crippen LogP contribution in [0.25, 0.3) is 0 Å². The van der Waals surface area contributed by atoms with Crippen molar-refractivity contribution in [2.45, 2.75) is 16.9 Å². The molecule has 0 aliphatic carbocycles. The van der Waals surface area contributed by atoms with Crippen LogP contribution in [0.1, 0.15) is 21.9 Å². The predicted molar refractivity (Wildman–Crippen MR) is 82.4 cm³/mol. The van der Waals surface area contributed by atoms with Crippen molar-refractivity contribution in [2.24, 2.45) is 0 Å². The molecule has 25 heavy (non-hydrogen) atoms. The summed E-state index contributed by atoms with van der Waals surface area (Å²) >= 11 is 3.03. The lowest BCUT2D eigenvalue weighted by molar-refractivity contribution is -0.137. The van der Waals surface area contributed by atoms with Crippen LogP contribution in [0.3, 0.4) is 0 Å². The van der Waals surface area contributed by atoms with Gasteiger partial charge in [-0.2, -0.15) is 26.3 Å². The SMILES string of the molecule is O=S(=O)(C(c1ccc(C(F)(F)F)cc1)c1cccc(Br)c1)C(F)(F)F. The van der Waals surface area contributed by atoms with Crippen molar-refractivity contribution in [2.75, 3.05) is 0 Å². The maximum Gasteiger partial charge on any atom is 0.498 e. The molecule has 0 spiro atoms. The largest absolute Gasteiger partial charge is 0.498 e. The van der Waals surface area contributed by atoms with Crippen molar-refractivity contribution in [1.82, 2.24) is 0 Å². The standard InChI is InChI=1S/C15H9BrF6O2S/c16-12-3-1-2-10(8-12)13(25(23,24)15(20,21)22)9-4-6-11(7-5-9)14(17,18)19/h1-8,13H. The first-order valence-corrected chi connectivity index (χ1v) is 8.91. The van der Waals surface area contributed by atoms with Crippen molar-refractivity contribution >= 4 is 25.8 Å². The zero-order valence-corrected chi connectivity index (χ0v) is 14.5. The molecule has 1 atom stereocenters. The van der Waals surface area contributed by atoms with Crippen LogP contribution in [0.4, 0.5) is 26.3 Å². The Morgan fingerprint density at radius 3 is 1.84 bits per heavy atom. The van der Waals surface area contributed by atoms with Gasteiger partial charge in [-0.1, -0.05) is 40.2 Å². The highest BCUT2D eigenvalue weighted by Crippen LogP contribution is 2.41. The Hall–Kier alpha value is -1.55. The summed E-state index contributed by atoms with van der Waals surface area (Å²) in [5, 5.41) is -2.17. The van der Waals surface area contributed by atoms with E-state index in [4.69, 9.17) is 0 Å². The molecule has 1 unspecified atom stereocenters. The van der Waals surface area contributed by atoms with E-state index >= 15 is 0 Å². The van der Waals surface area contributed by atoms with Gasteiger partial charge in [-0.3, -0.25) is 0 Å². The molecule has 0 aromatic heterocycles. The zero-order valence-electron chi connectivity index (χ0n) is 12.1. The number of hydrogen-bond donors (Lipinski definition) is 0. The van der Waals surface area contributed by atoms with E-state index in [1.165, 1.54) is 18.2 Å². The number of benzene rings is 2. The Bertz CT molecular complexity index is 857. The highest BCUT2D eigenvalue weighted by molar-refractivity contribution is 9.10. The van der Waals surface area contributed by atoms with Gasteiger partial charge in [0.2, 0.25) is 0 Å². The van der Waals surface area contributed by atoms with Crippen molar-refractivity contribution < 1.29 is 34.8 Å². The third kappa shape index (κ3) is 4.17. The lowest BCUT2D eigenvalue weighted by atomic mass is 10.0. The van der Waals surface area contributed by atoms with E-state index in [2.05, 4.69) is 15.9 Å². The molecule has 0 bridgehead atoms. The summed E-state index contributed by atoms with van der Waals surface area (Å²) in [6, 6.07) is 7.71. The maximum atomic E-state index is 13.0. The van der Waals surface area contributed by atoms with Gasteiger partial charge in [0.25, 0.3) is 9.84 Å². The maximum absolute atomic E-state index is 13.0. The van der Waals surface area contributed by atoms with Crippen molar-refractivity contribution in [3.63, 3.8) is 0 Å². The van der Waals surface area contributed by atoms with Gasteiger partial charge >= 0.3 is 11.7 Å². The number of hydrogen-bond acceptors (Lipinski definition) is 2. The van der Waals surface area contributed by atoms with Gasteiger partial charge in [0, 0.05) is 4.47 Å². The number of alkyl halides is 6. The summed E-state index contributed by atoms with van der Waals surface area (Å²) in [5.41, 5.74) is -7.29. The Balaban J connectivity index is 2.64. The zero-order chi connectivity index (χ0) is 19.0. The van der Waals surface area contributed by atoms with Gasteiger partial charge in [-0.25, -0.2) is 8.42 Å². The van der Waals surface area contributed by atoms with E-state index in [0.29, 0.717) is 16.6 Å². The Labute approximate surface area is 147 Å². The predicted octanol–water partition coefficient (Wildman–Crippen LogP) is 5.49. The van der Waals surface area contributed by atoms with E-state index < -0.39 is 37.9 Å². The third-order valence-corrected chi connectivity index (χ3v) is 5.63. The monoisotopic (exact) mass is 446 g/mol. The fourth-order valence-corrected chi connectivity index (χ4v) is 3.91. The highest BCUT2D eigenvalue weighted by atomic mass is 79.9. The number of sulfone groups is 1. The minimum absolute atomic E-state index is 0.216. The molecule has 0 fully saturated rings. The van der Waals surface area contributed by atoms with Crippen LogP contribution < -0.4 is 0 Å². The Morgan fingerprint density at radius 2 is 1.40 bits per heavy atom. The molecule has 0 saturated carbocycles. The minimum atomic E-state index is -5.71. The molecule has 0 radical (unpaired) electrons. The van der Waals surface area contributed by atoms with Gasteiger partial charge in [0.15, 0.2) is 0 Å². The molecule has 2 aromatic rings. The van der Waals surface area contributed by atoms with Crippen LogP contribution >= 0.6 is 15.9 Å². The normalized spacial score (nSPS) is 14.4. The molecular formula is C15H9BrF6O2S. The third-order valence-electron chi connectivity index (χ3n) is 3.33. The molecule has 0 heterocycles. The van der Waals surface area contributed by atoms with Gasteiger partial charge in [0.05, 0.1) is 5.56 Å². The summed E-state index contributed by atoms with van der Waals surface area (Å²) in [6.07, 6.45) is -4.69. The molecule has 0 aliphatic rings. The van der Waals surface area contributed by atoms with Crippen molar-refractivity contribution in [3.05, 3.63) is 69.7 Å². The fraction of sp³-hybridized carbons (Fsp3) is 0.200. The molecule has 0 N–H and O–H groups in total. The average Bonchev–Trinajstić information content (AvgIpc) is 2.45. The quantitative estimate of drug-likeness (QED) is 0.584. The smallest absolute Gasteiger partial charge is 0.219 e. The molecular weight excluding hydrogens is 438 g/mol. The van der Waals surface area contributed by atoms with E-state index in [1.807, 2.05) is 0 Å². The molecule has 2 nitrogen and oxygen atoms in total. The summed E-state index contributed by atoms with van der Waals surface area (Å²) in [7, 11) is -5.71. The fourth-order valence-electron chi connectivity index (χ4n) is 2.20. The van der Waals surface area contributed by atoms with Gasteiger partial charge in [-0.05, 0) is 35.4 Å². The lowest BCUT2D eigenvalue weighted by Gasteiger charge is -2.21. The van der Waals surface area contributed by atoms with Gasteiger partial charge < -0.3 is 0 Å². The molecule has 136 valence electrons. The second-order valence-corrected chi connectivity index (χ2v) is 7.99. The molecule has 0 aliphatic heterocycles. The van der Waals surface area contributed by atoms with E-state index in [-0.39, 0.29) is 5.56 Å². The van der Waals surface area contributed by atoms with Crippen molar-refractivity contribution in [1.29, 1.82) is 0 Å². The highest BCUT2D eigenvalue weighted by Gasteiger charge is 2.51. The minimum Gasteiger partial charge on any atom is -0.219 e. The van der Waals surface area contributed by atoms with Crippen LogP contribution in [0.5, 0.6) is 0 Å². The van der Waals surface area contributed by atoms with Gasteiger partial charge in [-0.15, -0.1) is 0 Å². The summed E-state index contributed by atoms with van der Waals surface area (Å²) in [4.78, 5) is 0. The topological polar surface area (TPSA) is 34.1 Å². The van der Waals surface area contributed by atoms with Crippen LogP contribution in [0.15, 0.2) is 53.0 Å². The molecule has 0 amide bonds. The molecule has 0 saturated heterocycles. The first kappa shape index (κ1) is 19.8. The number of rotatable bonds is 3. The van der Waals surface area contributed by atoms with Crippen LogP contribution in [-0.4, -0.2) is 13.9 Å². The number of halogens is 7. The first-order chi connectivity index (χ1) is 11.3. The van der Waals surface area contributed by atoms with Crippen LogP contribution in [0.2, 0.25) is 0 Å². The second-order valence-electron chi connectivity index (χ2n) is 5.05. The van der Waals surface area contributed by atoms with E-state index in [1.54, 1.807) is 0 Å². The second kappa shape index (κ2) is 6.64. The molecule has 2 aromatic carbocycles. The van der Waals surface area contributed by atoms with E-state index in [0.717, 1.165) is 18.2 Å². The molecule has 10 heteroatoms. The van der Waals surface area contributed by atoms with Crippen LogP contribution in [-0.2, 0) is 16.0 Å². The Morgan fingerprint density at radius 1 is 0.840 bits per heavy atom. The molecule has 2 rings (SSSR count). The van der Waals surface area contributed by atoms with E-state index in [9.17, 15) is 34.8 Å². The van der Waals surface area contributed by atoms with Gasteiger partial charge in [0.1, 0.15) is 5.25 Å². The lowest BCUT2D eigenvalue weighted by Crippen LogP contribution is -2.30. The Kier molecular flexibility index (Phi) is 5.25. The summed E-state index contributed by atoms with van der Waals surface area (Å²) in [5.74, 6) is 0. The average molecular weight is 447 g/mol. The van der Waals surface area contributed by atoms with Crippen LogP contribution in [0, 0.1) is 0 Å². The summed E-state index contributed by atoms with van der Waals surface area (Å²) in [6.45, 7) is 0. The first-order valence-electron chi connectivity index (χ1n) is 6.57.